The highest BCUT2D eigenvalue weighted by atomic mass is 32.2. The predicted molar refractivity (Wildman–Crippen MR) is 101 cm³/mol. The number of fused-ring (bicyclic) bond motifs is 1. The van der Waals surface area contributed by atoms with Crippen molar-refractivity contribution in [2.75, 3.05) is 19.0 Å². The zero-order chi connectivity index (χ0) is 17.2. The normalized spacial score (nSPS) is 28.8. The molecule has 134 valence electrons. The number of nitrogens with one attached hydrogen (secondary N) is 1. The highest BCUT2D eigenvalue weighted by Crippen LogP contribution is 2.31. The van der Waals surface area contributed by atoms with Crippen LogP contribution in [0.3, 0.4) is 0 Å². The Kier molecular flexibility index (Phi) is 5.13. The van der Waals surface area contributed by atoms with Gasteiger partial charge in [-0.3, -0.25) is 14.9 Å². The van der Waals surface area contributed by atoms with Gasteiger partial charge in [-0.25, -0.2) is 0 Å². The Bertz CT molecular complexity index is 657. The Morgan fingerprint density at radius 2 is 1.92 bits per heavy atom. The molecule has 0 saturated carbocycles. The van der Waals surface area contributed by atoms with Crippen molar-refractivity contribution in [3.63, 3.8) is 0 Å². The number of Topliss-reactive ketones (excluding diaryl/α,β-unsaturated/α-hetero) is 1. The number of carbonyl (C=O) groups is 2. The van der Waals surface area contributed by atoms with Gasteiger partial charge in [0, 0.05) is 25.4 Å². The molecule has 3 atom stereocenters. The highest BCUT2D eigenvalue weighted by Gasteiger charge is 2.41. The summed E-state index contributed by atoms with van der Waals surface area (Å²) in [5, 5.41) is 3.06. The first kappa shape index (κ1) is 17.1. The molecule has 0 bridgehead atoms. The van der Waals surface area contributed by atoms with Gasteiger partial charge in [-0.1, -0.05) is 24.3 Å². The van der Waals surface area contributed by atoms with Gasteiger partial charge >= 0.3 is 0 Å². The van der Waals surface area contributed by atoms with E-state index in [0.717, 1.165) is 45.2 Å². The van der Waals surface area contributed by atoms with Crippen LogP contribution in [-0.4, -0.2) is 46.8 Å². The monoisotopic (exact) mass is 358 g/mol. The van der Waals surface area contributed by atoms with Crippen LogP contribution in [0.15, 0.2) is 24.3 Å². The molecule has 2 heterocycles. The summed E-state index contributed by atoms with van der Waals surface area (Å²) in [5.41, 5.74) is 2.83. The number of likely N-dealkylation sites (tertiary alicyclic amines) is 1. The summed E-state index contributed by atoms with van der Waals surface area (Å²) in [5.74, 6) is 1.52. The summed E-state index contributed by atoms with van der Waals surface area (Å²) in [6, 6.07) is 8.27. The van der Waals surface area contributed by atoms with Gasteiger partial charge in [-0.2, -0.15) is 0 Å². The van der Waals surface area contributed by atoms with Gasteiger partial charge in [0.2, 0.25) is 5.91 Å². The molecule has 1 unspecified atom stereocenters. The number of rotatable bonds is 4. The standard InChI is InChI=1S/C20H26N2O2S/c23-17(12-14-7-8-15-5-1-2-6-16(15)11-14)19-18(21-13-25-19)20(24)22-9-3-4-10-22/h1-2,5-6,14,18-19,21H,3-4,7-13H2/t14-,18-,19?/m0/s1. The summed E-state index contributed by atoms with van der Waals surface area (Å²) in [6.07, 6.45) is 5.94. The number of hydrogen-bond donors (Lipinski definition) is 1. The third kappa shape index (κ3) is 3.63. The van der Waals surface area contributed by atoms with Gasteiger partial charge in [0.1, 0.15) is 11.8 Å². The maximum Gasteiger partial charge on any atom is 0.241 e. The summed E-state index contributed by atoms with van der Waals surface area (Å²) in [7, 11) is 0. The largest absolute Gasteiger partial charge is 0.341 e. The van der Waals surface area contributed by atoms with E-state index in [2.05, 4.69) is 29.6 Å². The number of ketones is 1. The maximum atomic E-state index is 12.9. The van der Waals surface area contributed by atoms with Crippen LogP contribution in [0.2, 0.25) is 0 Å². The van der Waals surface area contributed by atoms with E-state index < -0.39 is 0 Å². The smallest absolute Gasteiger partial charge is 0.241 e. The fourth-order valence-electron chi connectivity index (χ4n) is 4.41. The lowest BCUT2D eigenvalue weighted by Gasteiger charge is -2.27. The second-order valence-electron chi connectivity index (χ2n) is 7.49. The lowest BCUT2D eigenvalue weighted by atomic mass is 9.81. The molecule has 0 aromatic heterocycles. The van der Waals surface area contributed by atoms with Crippen LogP contribution in [-0.2, 0) is 22.4 Å². The molecule has 4 nitrogen and oxygen atoms in total. The topological polar surface area (TPSA) is 49.4 Å². The van der Waals surface area contributed by atoms with Crippen molar-refractivity contribution >= 4 is 23.5 Å². The van der Waals surface area contributed by atoms with E-state index in [1.807, 2.05) is 4.90 Å². The molecule has 1 aromatic rings. The first-order valence-corrected chi connectivity index (χ1v) is 10.5. The van der Waals surface area contributed by atoms with Crippen LogP contribution in [0, 0.1) is 5.92 Å². The van der Waals surface area contributed by atoms with Crippen molar-refractivity contribution in [2.45, 2.75) is 49.8 Å². The number of thioether (sulfide) groups is 1. The van der Waals surface area contributed by atoms with E-state index in [9.17, 15) is 9.59 Å². The lowest BCUT2D eigenvalue weighted by molar-refractivity contribution is -0.134. The van der Waals surface area contributed by atoms with Gasteiger partial charge in [-0.05, 0) is 49.1 Å². The first-order valence-electron chi connectivity index (χ1n) is 9.45. The average molecular weight is 359 g/mol. The fraction of sp³-hybridized carbons (Fsp3) is 0.600. The predicted octanol–water partition coefficient (Wildman–Crippen LogP) is 2.40. The van der Waals surface area contributed by atoms with Crippen molar-refractivity contribution in [3.8, 4) is 0 Å². The van der Waals surface area contributed by atoms with Crippen molar-refractivity contribution < 1.29 is 9.59 Å². The van der Waals surface area contributed by atoms with Gasteiger partial charge in [0.15, 0.2) is 0 Å². The van der Waals surface area contributed by atoms with Crippen LogP contribution in [0.1, 0.15) is 36.8 Å². The van der Waals surface area contributed by atoms with E-state index >= 15 is 0 Å². The Labute approximate surface area is 153 Å². The molecule has 2 fully saturated rings. The zero-order valence-corrected chi connectivity index (χ0v) is 15.4. The Morgan fingerprint density at radius 3 is 2.72 bits per heavy atom. The molecule has 1 aromatic carbocycles. The number of carbonyl (C=O) groups excluding carboxylic acids is 2. The molecule has 25 heavy (non-hydrogen) atoms. The summed E-state index contributed by atoms with van der Waals surface area (Å²) >= 11 is 1.61. The van der Waals surface area contributed by atoms with Crippen LogP contribution < -0.4 is 5.32 Å². The Hall–Kier alpha value is -1.33. The molecule has 0 spiro atoms. The fourth-order valence-corrected chi connectivity index (χ4v) is 5.55. The van der Waals surface area contributed by atoms with E-state index in [4.69, 9.17) is 0 Å². The van der Waals surface area contributed by atoms with Crippen LogP contribution in [0.5, 0.6) is 0 Å². The Balaban J connectivity index is 1.38. The van der Waals surface area contributed by atoms with Crippen molar-refractivity contribution in [1.82, 2.24) is 10.2 Å². The molecule has 1 aliphatic carbocycles. The Morgan fingerprint density at radius 1 is 1.16 bits per heavy atom. The number of nitrogens with zero attached hydrogens (tertiary/aromatic N) is 1. The van der Waals surface area contributed by atoms with Gasteiger partial charge in [0.25, 0.3) is 0 Å². The molecular formula is C20H26N2O2S. The number of hydrogen-bond acceptors (Lipinski definition) is 4. The van der Waals surface area contributed by atoms with Crippen LogP contribution in [0.25, 0.3) is 0 Å². The van der Waals surface area contributed by atoms with E-state index in [1.54, 1.807) is 11.8 Å². The number of amides is 1. The molecule has 3 aliphatic rings. The molecule has 2 aliphatic heterocycles. The van der Waals surface area contributed by atoms with Crippen molar-refractivity contribution in [2.24, 2.45) is 5.92 Å². The SMILES string of the molecule is O=C(C[C@H]1CCc2ccccc2C1)C1SCN[C@@H]1C(=O)N1CCCC1. The van der Waals surface area contributed by atoms with Crippen molar-refractivity contribution in [3.05, 3.63) is 35.4 Å². The third-order valence-corrected chi connectivity index (χ3v) is 7.04. The number of aryl methyl sites for hydroxylation is 1. The summed E-state index contributed by atoms with van der Waals surface area (Å²) in [4.78, 5) is 27.6. The molecule has 1 amide bonds. The third-order valence-electron chi connectivity index (χ3n) is 5.81. The maximum absolute atomic E-state index is 12.9. The van der Waals surface area contributed by atoms with Crippen LogP contribution in [0.4, 0.5) is 0 Å². The van der Waals surface area contributed by atoms with E-state index in [0.29, 0.717) is 18.2 Å². The highest BCUT2D eigenvalue weighted by molar-refractivity contribution is 8.00. The summed E-state index contributed by atoms with van der Waals surface area (Å²) in [6.45, 7) is 1.70. The minimum atomic E-state index is -0.313. The second kappa shape index (κ2) is 7.50. The first-order chi connectivity index (χ1) is 12.2. The average Bonchev–Trinajstić information content (AvgIpc) is 3.33. The molecule has 1 N–H and O–H groups in total. The number of benzene rings is 1. The minimum absolute atomic E-state index is 0.134. The molecule has 2 saturated heterocycles. The molecule has 4 rings (SSSR count). The van der Waals surface area contributed by atoms with Crippen molar-refractivity contribution in [1.29, 1.82) is 0 Å². The lowest BCUT2D eigenvalue weighted by Crippen LogP contribution is -2.49. The molecule has 5 heteroatoms. The van der Waals surface area contributed by atoms with E-state index in [-0.39, 0.29) is 23.0 Å². The van der Waals surface area contributed by atoms with Crippen LogP contribution >= 0.6 is 11.8 Å². The van der Waals surface area contributed by atoms with Gasteiger partial charge < -0.3 is 4.90 Å². The molecular weight excluding hydrogens is 332 g/mol. The zero-order valence-electron chi connectivity index (χ0n) is 14.6. The minimum Gasteiger partial charge on any atom is -0.341 e. The summed E-state index contributed by atoms with van der Waals surface area (Å²) < 4.78 is 0. The quantitative estimate of drug-likeness (QED) is 0.898. The van der Waals surface area contributed by atoms with Gasteiger partial charge in [-0.15, -0.1) is 11.8 Å². The van der Waals surface area contributed by atoms with E-state index in [1.165, 1.54) is 11.1 Å². The molecule has 0 radical (unpaired) electrons. The second-order valence-corrected chi connectivity index (χ2v) is 8.62. The van der Waals surface area contributed by atoms with Gasteiger partial charge in [0.05, 0.1) is 5.25 Å².